The first-order valence-electron chi connectivity index (χ1n) is 7.27. The van der Waals surface area contributed by atoms with E-state index in [0.29, 0.717) is 0 Å². The molecule has 0 aliphatic rings. The zero-order chi connectivity index (χ0) is 20.0. The average molecular weight is 411 g/mol. The van der Waals surface area contributed by atoms with Crippen LogP contribution >= 0.6 is 0 Å². The van der Waals surface area contributed by atoms with Crippen molar-refractivity contribution in [1.29, 1.82) is 0 Å². The SMILES string of the molecule is O=S(=O)(O)c1cc(O)c2c(Nc3ccccc3O)cc(S(=O)(=O)O)cc2c1. The van der Waals surface area contributed by atoms with Gasteiger partial charge in [-0.25, -0.2) is 0 Å². The summed E-state index contributed by atoms with van der Waals surface area (Å²) in [5.41, 5.74) is 0.144. The number of hydrogen-bond acceptors (Lipinski definition) is 7. The second-order valence-electron chi connectivity index (χ2n) is 5.60. The van der Waals surface area contributed by atoms with E-state index in [-0.39, 0.29) is 27.9 Å². The van der Waals surface area contributed by atoms with Gasteiger partial charge in [0.25, 0.3) is 20.2 Å². The van der Waals surface area contributed by atoms with Crippen LogP contribution in [0.25, 0.3) is 10.8 Å². The minimum absolute atomic E-state index is 0.0121. The molecule has 0 fully saturated rings. The Hall–Kier alpha value is -2.86. The average Bonchev–Trinajstić information content (AvgIpc) is 2.54. The lowest BCUT2D eigenvalue weighted by molar-refractivity contribution is 0.471. The van der Waals surface area contributed by atoms with Gasteiger partial charge in [0.05, 0.1) is 21.2 Å². The Morgan fingerprint density at radius 1 is 0.704 bits per heavy atom. The second-order valence-corrected chi connectivity index (χ2v) is 8.45. The van der Waals surface area contributed by atoms with Gasteiger partial charge in [-0.1, -0.05) is 12.1 Å². The fourth-order valence-electron chi connectivity index (χ4n) is 2.56. The van der Waals surface area contributed by atoms with E-state index in [1.807, 2.05) is 0 Å². The second kappa shape index (κ2) is 6.39. The lowest BCUT2D eigenvalue weighted by Gasteiger charge is -2.14. The predicted molar refractivity (Wildman–Crippen MR) is 96.6 cm³/mol. The summed E-state index contributed by atoms with van der Waals surface area (Å²) in [5, 5.41) is 22.8. The Bertz CT molecular complexity index is 1260. The lowest BCUT2D eigenvalue weighted by atomic mass is 10.1. The minimum atomic E-state index is -4.68. The molecular weight excluding hydrogens is 398 g/mol. The Labute approximate surface area is 154 Å². The molecule has 0 amide bonds. The fourth-order valence-corrected chi connectivity index (χ4v) is 3.64. The van der Waals surface area contributed by atoms with Crippen LogP contribution < -0.4 is 5.32 Å². The van der Waals surface area contributed by atoms with Gasteiger partial charge >= 0.3 is 0 Å². The zero-order valence-electron chi connectivity index (χ0n) is 13.4. The van der Waals surface area contributed by atoms with Gasteiger partial charge in [0.15, 0.2) is 0 Å². The van der Waals surface area contributed by atoms with Gasteiger partial charge < -0.3 is 15.5 Å². The summed E-state index contributed by atoms with van der Waals surface area (Å²) in [7, 11) is -9.35. The fraction of sp³-hybridized carbons (Fsp3) is 0. The molecule has 0 aromatic heterocycles. The molecule has 0 radical (unpaired) electrons. The van der Waals surface area contributed by atoms with Crippen molar-refractivity contribution in [2.24, 2.45) is 0 Å². The summed E-state index contributed by atoms with van der Waals surface area (Å²) in [6, 6.07) is 9.68. The Balaban J connectivity index is 2.35. The third-order valence-electron chi connectivity index (χ3n) is 3.74. The van der Waals surface area contributed by atoms with Crippen LogP contribution in [-0.2, 0) is 20.2 Å². The number of rotatable bonds is 4. The topological polar surface area (TPSA) is 161 Å². The standard InChI is InChI=1S/C16H13NO8S2/c18-14-4-2-1-3-12(14)17-13-7-10(26(20,21)22)5-9-6-11(27(23,24)25)8-15(19)16(9)13/h1-8,17-19H,(H,20,21,22)(H,23,24,25). The molecule has 0 spiro atoms. The minimum Gasteiger partial charge on any atom is -0.507 e. The van der Waals surface area contributed by atoms with Gasteiger partial charge in [0.2, 0.25) is 0 Å². The van der Waals surface area contributed by atoms with Crippen LogP contribution in [0.5, 0.6) is 11.5 Å². The molecule has 5 N–H and O–H groups in total. The van der Waals surface area contributed by atoms with Crippen molar-refractivity contribution in [3.63, 3.8) is 0 Å². The van der Waals surface area contributed by atoms with Crippen LogP contribution in [0.3, 0.4) is 0 Å². The summed E-state index contributed by atoms with van der Waals surface area (Å²) < 4.78 is 64.4. The van der Waals surface area contributed by atoms with Crippen molar-refractivity contribution in [2.75, 3.05) is 5.32 Å². The first kappa shape index (κ1) is 18.9. The molecule has 0 saturated heterocycles. The van der Waals surface area contributed by atoms with E-state index in [2.05, 4.69) is 5.32 Å². The number of phenolic OH excluding ortho intramolecular Hbond substituents is 2. The highest BCUT2D eigenvalue weighted by atomic mass is 32.2. The third-order valence-corrected chi connectivity index (χ3v) is 5.41. The monoisotopic (exact) mass is 411 g/mol. The molecule has 142 valence electrons. The van der Waals surface area contributed by atoms with Crippen LogP contribution in [0.15, 0.2) is 58.3 Å². The molecule has 0 heterocycles. The lowest BCUT2D eigenvalue weighted by Crippen LogP contribution is -2.02. The molecule has 3 aromatic rings. The number of fused-ring (bicyclic) bond motifs is 1. The third kappa shape index (κ3) is 3.80. The van der Waals surface area contributed by atoms with Crippen molar-refractivity contribution in [3.05, 3.63) is 48.5 Å². The van der Waals surface area contributed by atoms with Crippen LogP contribution in [0.2, 0.25) is 0 Å². The van der Waals surface area contributed by atoms with E-state index in [0.717, 1.165) is 24.3 Å². The van der Waals surface area contributed by atoms with Crippen LogP contribution in [0, 0.1) is 0 Å². The van der Waals surface area contributed by atoms with Gasteiger partial charge in [-0.3, -0.25) is 9.11 Å². The first-order chi connectivity index (χ1) is 12.5. The van der Waals surface area contributed by atoms with Crippen molar-refractivity contribution < 1.29 is 36.2 Å². The molecule has 3 aromatic carbocycles. The van der Waals surface area contributed by atoms with Crippen LogP contribution in [-0.4, -0.2) is 36.2 Å². The molecule has 27 heavy (non-hydrogen) atoms. The Kier molecular flexibility index (Phi) is 4.48. The molecule has 0 bridgehead atoms. The number of phenols is 2. The Morgan fingerprint density at radius 3 is 1.81 bits per heavy atom. The summed E-state index contributed by atoms with van der Waals surface area (Å²) >= 11 is 0. The van der Waals surface area contributed by atoms with Crippen molar-refractivity contribution >= 4 is 42.4 Å². The van der Waals surface area contributed by atoms with E-state index < -0.39 is 35.8 Å². The smallest absolute Gasteiger partial charge is 0.294 e. The number of benzene rings is 3. The van der Waals surface area contributed by atoms with Crippen molar-refractivity contribution in [2.45, 2.75) is 9.79 Å². The molecule has 0 aliphatic carbocycles. The highest BCUT2D eigenvalue weighted by Crippen LogP contribution is 2.39. The van der Waals surface area contributed by atoms with E-state index in [1.165, 1.54) is 12.1 Å². The zero-order valence-corrected chi connectivity index (χ0v) is 15.0. The highest BCUT2D eigenvalue weighted by Gasteiger charge is 2.20. The molecule has 0 aliphatic heterocycles. The number of para-hydroxylation sites is 2. The maximum absolute atomic E-state index is 11.6. The quantitative estimate of drug-likeness (QED) is 0.321. The molecule has 3 rings (SSSR count). The molecular formula is C16H13NO8S2. The van der Waals surface area contributed by atoms with Gasteiger partial charge in [-0.05, 0) is 35.7 Å². The normalized spacial score (nSPS) is 12.2. The van der Waals surface area contributed by atoms with E-state index in [1.54, 1.807) is 12.1 Å². The molecule has 0 unspecified atom stereocenters. The van der Waals surface area contributed by atoms with Gasteiger partial charge in [0, 0.05) is 11.5 Å². The van der Waals surface area contributed by atoms with Crippen LogP contribution in [0.1, 0.15) is 0 Å². The molecule has 0 atom stereocenters. The first-order valence-corrected chi connectivity index (χ1v) is 10.2. The maximum Gasteiger partial charge on any atom is 0.294 e. The maximum atomic E-state index is 11.6. The molecule has 11 heteroatoms. The van der Waals surface area contributed by atoms with Crippen molar-refractivity contribution in [1.82, 2.24) is 0 Å². The summed E-state index contributed by atoms with van der Waals surface area (Å²) in [6.07, 6.45) is 0. The van der Waals surface area contributed by atoms with Gasteiger partial charge in [-0.2, -0.15) is 16.8 Å². The molecule has 0 saturated carbocycles. The molecule has 9 nitrogen and oxygen atoms in total. The van der Waals surface area contributed by atoms with E-state index in [4.69, 9.17) is 0 Å². The van der Waals surface area contributed by atoms with Gasteiger partial charge in [0.1, 0.15) is 11.5 Å². The number of nitrogens with one attached hydrogen (secondary N) is 1. The number of anilines is 2. The summed E-state index contributed by atoms with van der Waals surface area (Å²) in [4.78, 5) is -1.24. The number of hydrogen-bond donors (Lipinski definition) is 5. The van der Waals surface area contributed by atoms with Gasteiger partial charge in [-0.15, -0.1) is 0 Å². The summed E-state index contributed by atoms with van der Waals surface area (Å²) in [6.45, 7) is 0. The Morgan fingerprint density at radius 2 is 1.26 bits per heavy atom. The largest absolute Gasteiger partial charge is 0.507 e. The van der Waals surface area contributed by atoms with Crippen LogP contribution in [0.4, 0.5) is 11.4 Å². The van der Waals surface area contributed by atoms with Crippen molar-refractivity contribution in [3.8, 4) is 11.5 Å². The van der Waals surface area contributed by atoms with E-state index in [9.17, 15) is 36.2 Å². The highest BCUT2D eigenvalue weighted by molar-refractivity contribution is 7.86. The predicted octanol–water partition coefficient (Wildman–Crippen LogP) is 2.49. The van der Waals surface area contributed by atoms with E-state index >= 15 is 0 Å². The number of aromatic hydroxyl groups is 2. The summed E-state index contributed by atoms with van der Waals surface area (Å²) in [5.74, 6) is -0.739.